The molecule has 1 aliphatic rings. The lowest BCUT2D eigenvalue weighted by Gasteiger charge is -2.25. The second-order valence-electron chi connectivity index (χ2n) is 5.45. The van der Waals surface area contributed by atoms with Crippen LogP contribution in [0.15, 0.2) is 18.5 Å². The van der Waals surface area contributed by atoms with Gasteiger partial charge in [0.1, 0.15) is 0 Å². The fraction of sp³-hybridized carbons (Fsp3) is 0.667. The molecule has 84 valence electrons. The summed E-state index contributed by atoms with van der Waals surface area (Å²) in [6, 6.07) is 2.14. The summed E-state index contributed by atoms with van der Waals surface area (Å²) in [5, 5.41) is 3.48. The molecule has 0 spiro atoms. The summed E-state index contributed by atoms with van der Waals surface area (Å²) in [7, 11) is 0. The molecular formula is C12H21N3. The first-order chi connectivity index (χ1) is 7.02. The second-order valence-corrected chi connectivity index (χ2v) is 5.45. The van der Waals surface area contributed by atoms with E-state index in [4.69, 9.17) is 5.73 Å². The molecular weight excluding hydrogens is 186 g/mol. The molecule has 4 N–H and O–H groups in total. The van der Waals surface area contributed by atoms with E-state index in [0.717, 1.165) is 13.1 Å². The number of rotatable bonds is 5. The fourth-order valence-electron chi connectivity index (χ4n) is 1.81. The molecule has 1 aromatic heterocycles. The molecule has 3 nitrogen and oxygen atoms in total. The number of hydrogen-bond donors (Lipinski definition) is 3. The maximum absolute atomic E-state index is 6.03. The maximum Gasteiger partial charge on any atom is 0.0282 e. The van der Waals surface area contributed by atoms with E-state index in [1.165, 1.54) is 18.4 Å². The first kappa shape index (κ1) is 10.7. The molecule has 15 heavy (non-hydrogen) atoms. The summed E-state index contributed by atoms with van der Waals surface area (Å²) in [6.45, 7) is 6.42. The van der Waals surface area contributed by atoms with Gasteiger partial charge in [-0.25, -0.2) is 0 Å². The lowest BCUT2D eigenvalue weighted by molar-refractivity contribution is 0.449. The van der Waals surface area contributed by atoms with Crippen LogP contribution in [0.1, 0.15) is 32.3 Å². The van der Waals surface area contributed by atoms with Crippen LogP contribution in [0.25, 0.3) is 0 Å². The molecule has 0 aliphatic heterocycles. The Bertz CT molecular complexity index is 310. The smallest absolute Gasteiger partial charge is 0.0282 e. The van der Waals surface area contributed by atoms with Gasteiger partial charge in [-0.3, -0.25) is 0 Å². The monoisotopic (exact) mass is 207 g/mol. The molecule has 1 aromatic rings. The maximum atomic E-state index is 6.03. The van der Waals surface area contributed by atoms with Gasteiger partial charge >= 0.3 is 0 Å². The van der Waals surface area contributed by atoms with Gasteiger partial charge in [0, 0.05) is 36.4 Å². The topological polar surface area (TPSA) is 53.8 Å². The van der Waals surface area contributed by atoms with E-state index in [9.17, 15) is 0 Å². The van der Waals surface area contributed by atoms with Crippen molar-refractivity contribution in [3.05, 3.63) is 24.0 Å². The summed E-state index contributed by atoms with van der Waals surface area (Å²) >= 11 is 0. The highest BCUT2D eigenvalue weighted by molar-refractivity contribution is 5.20. The Morgan fingerprint density at radius 3 is 2.80 bits per heavy atom. The molecule has 0 unspecified atom stereocenters. The van der Waals surface area contributed by atoms with E-state index in [1.54, 1.807) is 0 Å². The number of hydrogen-bond acceptors (Lipinski definition) is 2. The van der Waals surface area contributed by atoms with Gasteiger partial charge < -0.3 is 16.0 Å². The zero-order valence-electron chi connectivity index (χ0n) is 9.64. The summed E-state index contributed by atoms with van der Waals surface area (Å²) in [5.41, 5.74) is 7.65. The van der Waals surface area contributed by atoms with E-state index in [1.807, 2.05) is 6.20 Å². The highest BCUT2D eigenvalue weighted by atomic mass is 15.0. The zero-order valence-corrected chi connectivity index (χ0v) is 9.64. The molecule has 1 saturated carbocycles. The van der Waals surface area contributed by atoms with Crippen LogP contribution in [-0.4, -0.2) is 23.6 Å². The van der Waals surface area contributed by atoms with Crippen LogP contribution in [0.2, 0.25) is 0 Å². The predicted octanol–water partition coefficient (Wildman–Crippen LogP) is 1.37. The molecule has 3 heteroatoms. The van der Waals surface area contributed by atoms with Crippen LogP contribution in [-0.2, 0) is 5.41 Å². The molecule has 0 saturated heterocycles. The Morgan fingerprint density at radius 2 is 2.27 bits per heavy atom. The third-order valence-electron chi connectivity index (χ3n) is 3.32. The second kappa shape index (κ2) is 3.65. The third kappa shape index (κ3) is 2.61. The highest BCUT2D eigenvalue weighted by Gasteiger charge is 2.37. The minimum Gasteiger partial charge on any atom is -0.367 e. The SMILES string of the molecule is CC(C)(CNCC1(N)CC1)c1cc[nH]c1. The number of aromatic nitrogens is 1. The largest absolute Gasteiger partial charge is 0.367 e. The van der Waals surface area contributed by atoms with Crippen LogP contribution >= 0.6 is 0 Å². The summed E-state index contributed by atoms with van der Waals surface area (Å²) < 4.78 is 0. The number of nitrogens with one attached hydrogen (secondary N) is 2. The van der Waals surface area contributed by atoms with Crippen molar-refractivity contribution in [1.29, 1.82) is 0 Å². The van der Waals surface area contributed by atoms with Gasteiger partial charge in [-0.1, -0.05) is 13.8 Å². The van der Waals surface area contributed by atoms with Crippen molar-refractivity contribution in [2.45, 2.75) is 37.6 Å². The van der Waals surface area contributed by atoms with Gasteiger partial charge in [0.2, 0.25) is 0 Å². The van der Waals surface area contributed by atoms with E-state index in [0.29, 0.717) is 0 Å². The van der Waals surface area contributed by atoms with Gasteiger partial charge in [0.25, 0.3) is 0 Å². The molecule has 1 heterocycles. The van der Waals surface area contributed by atoms with Gasteiger partial charge in [0.05, 0.1) is 0 Å². The van der Waals surface area contributed by atoms with Crippen molar-refractivity contribution in [3.8, 4) is 0 Å². The molecule has 0 aromatic carbocycles. The first-order valence-electron chi connectivity index (χ1n) is 5.65. The van der Waals surface area contributed by atoms with Gasteiger partial charge in [-0.05, 0) is 24.5 Å². The first-order valence-corrected chi connectivity index (χ1v) is 5.65. The van der Waals surface area contributed by atoms with Gasteiger partial charge in [-0.15, -0.1) is 0 Å². The minimum absolute atomic E-state index is 0.105. The zero-order chi connectivity index (χ0) is 10.9. The van der Waals surface area contributed by atoms with E-state index in [2.05, 4.69) is 36.4 Å². The van der Waals surface area contributed by atoms with E-state index in [-0.39, 0.29) is 11.0 Å². The number of nitrogens with two attached hydrogens (primary N) is 1. The highest BCUT2D eigenvalue weighted by Crippen LogP contribution is 2.31. The number of aromatic amines is 1. The van der Waals surface area contributed by atoms with Crippen LogP contribution in [0.3, 0.4) is 0 Å². The fourth-order valence-corrected chi connectivity index (χ4v) is 1.81. The van der Waals surface area contributed by atoms with Gasteiger partial charge in [-0.2, -0.15) is 0 Å². The standard InChI is InChI=1S/C12H21N3/c1-11(2,10-3-6-14-7-10)8-15-9-12(13)4-5-12/h3,6-7,14-15H,4-5,8-9,13H2,1-2H3. The quantitative estimate of drug-likeness (QED) is 0.683. The lowest BCUT2D eigenvalue weighted by atomic mass is 9.86. The Hall–Kier alpha value is -0.800. The molecule has 0 amide bonds. The predicted molar refractivity (Wildman–Crippen MR) is 62.8 cm³/mol. The molecule has 0 radical (unpaired) electrons. The summed E-state index contributed by atoms with van der Waals surface area (Å²) in [5.74, 6) is 0. The average Bonchev–Trinajstić information content (AvgIpc) is 2.72. The molecule has 2 rings (SSSR count). The Labute approximate surface area is 91.4 Å². The summed E-state index contributed by atoms with van der Waals surface area (Å²) in [4.78, 5) is 3.10. The van der Waals surface area contributed by atoms with Crippen molar-refractivity contribution >= 4 is 0 Å². The van der Waals surface area contributed by atoms with Crippen LogP contribution in [0, 0.1) is 0 Å². The molecule has 1 aliphatic carbocycles. The molecule has 0 atom stereocenters. The van der Waals surface area contributed by atoms with Crippen molar-refractivity contribution < 1.29 is 0 Å². The van der Waals surface area contributed by atoms with Crippen LogP contribution < -0.4 is 11.1 Å². The molecule has 0 bridgehead atoms. The van der Waals surface area contributed by atoms with Crippen LogP contribution in [0.4, 0.5) is 0 Å². The normalized spacial score (nSPS) is 19.1. The van der Waals surface area contributed by atoms with Crippen LogP contribution in [0.5, 0.6) is 0 Å². The average molecular weight is 207 g/mol. The lowest BCUT2D eigenvalue weighted by Crippen LogP contribution is -2.41. The number of H-pyrrole nitrogens is 1. The molecule has 1 fully saturated rings. The van der Waals surface area contributed by atoms with E-state index >= 15 is 0 Å². The van der Waals surface area contributed by atoms with Gasteiger partial charge in [0.15, 0.2) is 0 Å². The van der Waals surface area contributed by atoms with E-state index < -0.39 is 0 Å². The van der Waals surface area contributed by atoms with Crippen molar-refractivity contribution in [3.63, 3.8) is 0 Å². The van der Waals surface area contributed by atoms with Crippen molar-refractivity contribution in [2.24, 2.45) is 5.73 Å². The van der Waals surface area contributed by atoms with Crippen molar-refractivity contribution in [2.75, 3.05) is 13.1 Å². The Balaban J connectivity index is 1.82. The minimum atomic E-state index is 0.105. The summed E-state index contributed by atoms with van der Waals surface area (Å²) in [6.07, 6.45) is 6.38. The third-order valence-corrected chi connectivity index (χ3v) is 3.32. The van der Waals surface area contributed by atoms with Crippen molar-refractivity contribution in [1.82, 2.24) is 10.3 Å². The Kier molecular flexibility index (Phi) is 2.61. The Morgan fingerprint density at radius 1 is 1.53 bits per heavy atom.